The van der Waals surface area contributed by atoms with E-state index in [1.807, 2.05) is 0 Å². The van der Waals surface area contributed by atoms with E-state index in [9.17, 15) is 18.0 Å². The molecule has 126 valence electrons. The fourth-order valence-electron chi connectivity index (χ4n) is 1.93. The highest BCUT2D eigenvalue weighted by atomic mass is 32.2. The molecule has 0 aliphatic rings. The SMILES string of the molecule is COC(=O)c1ccc(NS(=O)(=O)c2ccc(NC(C)=O)cc2)cc1. The van der Waals surface area contributed by atoms with Crippen LogP contribution in [0.25, 0.3) is 0 Å². The van der Waals surface area contributed by atoms with Gasteiger partial charge in [0.05, 0.1) is 17.6 Å². The lowest BCUT2D eigenvalue weighted by Gasteiger charge is -2.09. The molecule has 0 radical (unpaired) electrons. The third-order valence-corrected chi connectivity index (χ3v) is 4.44. The summed E-state index contributed by atoms with van der Waals surface area (Å²) >= 11 is 0. The van der Waals surface area contributed by atoms with E-state index in [4.69, 9.17) is 0 Å². The summed E-state index contributed by atoms with van der Waals surface area (Å²) in [5.74, 6) is -0.743. The summed E-state index contributed by atoms with van der Waals surface area (Å²) in [6, 6.07) is 11.6. The third kappa shape index (κ3) is 4.32. The fourth-order valence-corrected chi connectivity index (χ4v) is 2.99. The van der Waals surface area contributed by atoms with Crippen molar-refractivity contribution < 1.29 is 22.7 Å². The first-order valence-corrected chi connectivity index (χ1v) is 8.39. The van der Waals surface area contributed by atoms with Crippen LogP contribution in [-0.2, 0) is 19.6 Å². The quantitative estimate of drug-likeness (QED) is 0.807. The number of methoxy groups -OCH3 is 1. The van der Waals surface area contributed by atoms with Crippen molar-refractivity contribution in [3.63, 3.8) is 0 Å². The number of carbonyl (C=O) groups is 2. The summed E-state index contributed by atoms with van der Waals surface area (Å²) in [4.78, 5) is 22.4. The van der Waals surface area contributed by atoms with Gasteiger partial charge in [0.25, 0.3) is 10.0 Å². The second kappa shape index (κ2) is 7.14. The minimum atomic E-state index is -3.78. The molecule has 0 aliphatic heterocycles. The number of hydrogen-bond acceptors (Lipinski definition) is 5. The number of benzene rings is 2. The first kappa shape index (κ1) is 17.5. The highest BCUT2D eigenvalue weighted by Gasteiger charge is 2.14. The Kier molecular flexibility index (Phi) is 5.20. The Morgan fingerprint density at radius 3 is 1.96 bits per heavy atom. The lowest BCUT2D eigenvalue weighted by molar-refractivity contribution is -0.114. The van der Waals surface area contributed by atoms with E-state index in [1.54, 1.807) is 0 Å². The van der Waals surface area contributed by atoms with Gasteiger partial charge in [0.1, 0.15) is 0 Å². The maximum absolute atomic E-state index is 12.3. The van der Waals surface area contributed by atoms with Crippen LogP contribution in [0.1, 0.15) is 17.3 Å². The molecule has 0 saturated carbocycles. The number of nitrogens with one attached hydrogen (secondary N) is 2. The number of anilines is 2. The Morgan fingerprint density at radius 2 is 1.46 bits per heavy atom. The van der Waals surface area contributed by atoms with E-state index in [1.165, 1.54) is 62.6 Å². The maximum atomic E-state index is 12.3. The number of amides is 1. The molecule has 7 nitrogen and oxygen atoms in total. The van der Waals surface area contributed by atoms with E-state index in [0.717, 1.165) is 0 Å². The van der Waals surface area contributed by atoms with Gasteiger partial charge in [0, 0.05) is 18.3 Å². The van der Waals surface area contributed by atoms with Crippen LogP contribution in [0.3, 0.4) is 0 Å². The minimum Gasteiger partial charge on any atom is -0.465 e. The summed E-state index contributed by atoms with van der Waals surface area (Å²) in [5, 5.41) is 2.56. The van der Waals surface area contributed by atoms with Crippen LogP contribution in [0.15, 0.2) is 53.4 Å². The molecule has 0 saturated heterocycles. The van der Waals surface area contributed by atoms with Crippen LogP contribution in [0.5, 0.6) is 0 Å². The Labute approximate surface area is 139 Å². The van der Waals surface area contributed by atoms with Crippen molar-refractivity contribution in [1.82, 2.24) is 0 Å². The Hall–Kier alpha value is -2.87. The van der Waals surface area contributed by atoms with Crippen LogP contribution >= 0.6 is 0 Å². The third-order valence-electron chi connectivity index (χ3n) is 3.04. The molecule has 0 bridgehead atoms. The van der Waals surface area contributed by atoms with Gasteiger partial charge in [-0.15, -0.1) is 0 Å². The zero-order valence-electron chi connectivity index (χ0n) is 13.1. The van der Waals surface area contributed by atoms with Crippen LogP contribution in [0.2, 0.25) is 0 Å². The molecule has 2 N–H and O–H groups in total. The molecule has 0 spiro atoms. The Balaban J connectivity index is 2.15. The zero-order chi connectivity index (χ0) is 17.7. The molecular weight excluding hydrogens is 332 g/mol. The zero-order valence-corrected chi connectivity index (χ0v) is 13.9. The maximum Gasteiger partial charge on any atom is 0.337 e. The number of rotatable bonds is 5. The molecule has 1 amide bonds. The van der Waals surface area contributed by atoms with E-state index < -0.39 is 16.0 Å². The summed E-state index contributed by atoms with van der Waals surface area (Å²) < 4.78 is 31.6. The fraction of sp³-hybridized carbons (Fsp3) is 0.125. The molecule has 24 heavy (non-hydrogen) atoms. The molecule has 0 aliphatic carbocycles. The van der Waals surface area contributed by atoms with Gasteiger partial charge < -0.3 is 10.1 Å². The largest absolute Gasteiger partial charge is 0.465 e. The normalized spacial score (nSPS) is 10.8. The lowest BCUT2D eigenvalue weighted by Crippen LogP contribution is -2.13. The van der Waals surface area contributed by atoms with Crippen LogP contribution in [-0.4, -0.2) is 27.4 Å². The van der Waals surface area contributed by atoms with Crippen LogP contribution < -0.4 is 10.0 Å². The van der Waals surface area contributed by atoms with Crippen molar-refractivity contribution in [2.24, 2.45) is 0 Å². The van der Waals surface area contributed by atoms with E-state index in [-0.39, 0.29) is 10.8 Å². The minimum absolute atomic E-state index is 0.0497. The van der Waals surface area contributed by atoms with Crippen molar-refractivity contribution in [2.75, 3.05) is 17.1 Å². The van der Waals surface area contributed by atoms with Gasteiger partial charge in [-0.05, 0) is 48.5 Å². The number of carbonyl (C=O) groups excluding carboxylic acids is 2. The van der Waals surface area contributed by atoms with Gasteiger partial charge >= 0.3 is 5.97 Å². The summed E-state index contributed by atoms with van der Waals surface area (Å²) in [5.41, 5.74) is 1.14. The van der Waals surface area contributed by atoms with E-state index in [0.29, 0.717) is 16.9 Å². The van der Waals surface area contributed by atoms with E-state index >= 15 is 0 Å². The molecule has 2 aromatic carbocycles. The average Bonchev–Trinajstić information content (AvgIpc) is 2.54. The van der Waals surface area contributed by atoms with Gasteiger partial charge in [-0.2, -0.15) is 0 Å². The molecule has 0 atom stereocenters. The van der Waals surface area contributed by atoms with Gasteiger partial charge in [-0.25, -0.2) is 13.2 Å². The second-order valence-electron chi connectivity index (χ2n) is 4.88. The van der Waals surface area contributed by atoms with Gasteiger partial charge in [-0.3, -0.25) is 9.52 Å². The Morgan fingerprint density at radius 1 is 0.917 bits per heavy atom. The molecule has 8 heteroatoms. The first-order valence-electron chi connectivity index (χ1n) is 6.90. The molecule has 0 unspecified atom stereocenters. The highest BCUT2D eigenvalue weighted by molar-refractivity contribution is 7.92. The topological polar surface area (TPSA) is 102 Å². The first-order chi connectivity index (χ1) is 11.3. The molecule has 2 aromatic rings. The van der Waals surface area contributed by atoms with Crippen molar-refractivity contribution in [3.8, 4) is 0 Å². The molecule has 2 rings (SSSR count). The van der Waals surface area contributed by atoms with Crippen molar-refractivity contribution in [3.05, 3.63) is 54.1 Å². The number of hydrogen-bond donors (Lipinski definition) is 2. The van der Waals surface area contributed by atoms with Crippen LogP contribution in [0.4, 0.5) is 11.4 Å². The van der Waals surface area contributed by atoms with Gasteiger partial charge in [0.2, 0.25) is 5.91 Å². The molecule has 0 heterocycles. The van der Waals surface area contributed by atoms with Crippen molar-refractivity contribution in [1.29, 1.82) is 0 Å². The Bertz CT molecular complexity index is 843. The molecular formula is C16H16N2O5S. The predicted octanol–water partition coefficient (Wildman–Crippen LogP) is 2.23. The predicted molar refractivity (Wildman–Crippen MR) is 89.3 cm³/mol. The summed E-state index contributed by atoms with van der Waals surface area (Å²) in [6.45, 7) is 1.37. The average molecular weight is 348 g/mol. The monoisotopic (exact) mass is 348 g/mol. The number of sulfonamides is 1. The second-order valence-corrected chi connectivity index (χ2v) is 6.56. The number of esters is 1. The lowest BCUT2D eigenvalue weighted by atomic mass is 10.2. The van der Waals surface area contributed by atoms with Crippen molar-refractivity contribution >= 4 is 33.3 Å². The van der Waals surface area contributed by atoms with Gasteiger partial charge in [-0.1, -0.05) is 0 Å². The van der Waals surface area contributed by atoms with Crippen molar-refractivity contribution in [2.45, 2.75) is 11.8 Å². The smallest absolute Gasteiger partial charge is 0.337 e. The van der Waals surface area contributed by atoms with E-state index in [2.05, 4.69) is 14.8 Å². The number of ether oxygens (including phenoxy) is 1. The highest BCUT2D eigenvalue weighted by Crippen LogP contribution is 2.19. The summed E-state index contributed by atoms with van der Waals surface area (Å²) in [7, 11) is -2.51. The standard InChI is InChI=1S/C16H16N2O5S/c1-11(19)17-13-7-9-15(10-8-13)24(21,22)18-14-5-3-12(4-6-14)16(20)23-2/h3-10,18H,1-2H3,(H,17,19). The molecule has 0 fully saturated rings. The van der Waals surface area contributed by atoms with Crippen LogP contribution in [0, 0.1) is 0 Å². The van der Waals surface area contributed by atoms with Gasteiger partial charge in [0.15, 0.2) is 0 Å². The molecule has 0 aromatic heterocycles. The summed E-state index contributed by atoms with van der Waals surface area (Å²) in [6.07, 6.45) is 0.